The van der Waals surface area contributed by atoms with Gasteiger partial charge < -0.3 is 12.5 Å². The first kappa shape index (κ1) is 21.4. The molecule has 24 heavy (non-hydrogen) atoms. The van der Waals surface area contributed by atoms with E-state index < -0.39 is 0 Å². The summed E-state index contributed by atoms with van der Waals surface area (Å²) in [4.78, 5) is 17.9. The number of amides is 1. The van der Waals surface area contributed by atoms with Crippen molar-refractivity contribution in [3.63, 3.8) is 0 Å². The molecule has 9 heteroatoms. The van der Waals surface area contributed by atoms with E-state index in [1.807, 2.05) is 6.92 Å². The van der Waals surface area contributed by atoms with E-state index in [9.17, 15) is 4.79 Å². The average molecular weight is 403 g/mol. The Balaban J connectivity index is 0. The van der Waals surface area contributed by atoms with Crippen LogP contribution >= 0.6 is 34.8 Å². The summed E-state index contributed by atoms with van der Waals surface area (Å²) in [6.45, 7) is 3.28. The summed E-state index contributed by atoms with van der Waals surface area (Å²) in [5.41, 5.74) is 0. The smallest absolute Gasteiger partial charge is 1.00 e. The summed E-state index contributed by atoms with van der Waals surface area (Å²) in [6, 6.07) is 2.97. The predicted molar refractivity (Wildman–Crippen MR) is 99.8 cm³/mol. The molecule has 0 aliphatic heterocycles. The Morgan fingerprint density at radius 1 is 1.29 bits per heavy atom. The molecule has 0 fully saturated rings. The standard InChI is InChI=1S/C15H16Cl3N3O2.Mg.2H/c1-2-4-20(15(22)21-5-3-19-10-21)6-7-23-14-12(17)8-11(16)9-13(14)18;;;/h3,5,8-10H,2,4,6-7H2,1H3;;;/q;+2;2*-1. The molecule has 0 saturated heterocycles. The van der Waals surface area contributed by atoms with E-state index in [2.05, 4.69) is 4.98 Å². The summed E-state index contributed by atoms with van der Waals surface area (Å²) in [6.07, 6.45) is 5.48. The van der Waals surface area contributed by atoms with Gasteiger partial charge in [0, 0.05) is 24.0 Å². The van der Waals surface area contributed by atoms with Crippen molar-refractivity contribution in [2.24, 2.45) is 0 Å². The predicted octanol–water partition coefficient (Wildman–Crippen LogP) is 4.45. The molecular formula is C15H18Cl3MgN3O2. The Labute approximate surface area is 175 Å². The van der Waals surface area contributed by atoms with Crippen molar-refractivity contribution in [2.75, 3.05) is 19.7 Å². The normalized spacial score (nSPS) is 10.2. The Kier molecular flexibility index (Phi) is 9.22. The first-order chi connectivity index (χ1) is 11.0. The number of carbonyl (C=O) groups excluding carboxylic acids is 1. The molecule has 0 bridgehead atoms. The van der Waals surface area contributed by atoms with Crippen molar-refractivity contribution in [3.05, 3.63) is 45.9 Å². The molecule has 1 heterocycles. The molecule has 0 N–H and O–H groups in total. The average Bonchev–Trinajstić information content (AvgIpc) is 3.02. The first-order valence-corrected chi connectivity index (χ1v) is 8.21. The molecule has 0 radical (unpaired) electrons. The van der Waals surface area contributed by atoms with Gasteiger partial charge in [-0.3, -0.25) is 4.57 Å². The third-order valence-electron chi connectivity index (χ3n) is 3.06. The van der Waals surface area contributed by atoms with Gasteiger partial charge in [0.15, 0.2) is 5.75 Å². The monoisotopic (exact) mass is 401 g/mol. The van der Waals surface area contributed by atoms with Crippen LogP contribution in [0.3, 0.4) is 0 Å². The maximum Gasteiger partial charge on any atom is 2.00 e. The Morgan fingerprint density at radius 3 is 2.50 bits per heavy atom. The van der Waals surface area contributed by atoms with E-state index in [4.69, 9.17) is 39.5 Å². The van der Waals surface area contributed by atoms with Crippen LogP contribution in [0.4, 0.5) is 4.79 Å². The molecule has 0 atom stereocenters. The molecule has 0 aliphatic carbocycles. The number of ether oxygens (including phenoxy) is 1. The molecule has 1 aromatic carbocycles. The van der Waals surface area contributed by atoms with E-state index in [-0.39, 0.29) is 38.5 Å². The fraction of sp³-hybridized carbons (Fsp3) is 0.333. The summed E-state index contributed by atoms with van der Waals surface area (Å²) in [7, 11) is 0. The maximum atomic E-state index is 12.3. The van der Waals surface area contributed by atoms with Crippen LogP contribution in [0, 0.1) is 0 Å². The topological polar surface area (TPSA) is 47.4 Å². The van der Waals surface area contributed by atoms with Gasteiger partial charge in [-0.1, -0.05) is 41.7 Å². The molecule has 0 spiro atoms. The van der Waals surface area contributed by atoms with Gasteiger partial charge in [0.25, 0.3) is 0 Å². The van der Waals surface area contributed by atoms with Crippen LogP contribution in [0.1, 0.15) is 16.2 Å². The minimum absolute atomic E-state index is 0. The fourth-order valence-corrected chi connectivity index (χ4v) is 2.96. The van der Waals surface area contributed by atoms with Crippen molar-refractivity contribution in [1.82, 2.24) is 14.5 Å². The second-order valence-corrected chi connectivity index (χ2v) is 6.04. The van der Waals surface area contributed by atoms with E-state index in [0.717, 1.165) is 6.42 Å². The van der Waals surface area contributed by atoms with Crippen molar-refractivity contribution >= 4 is 63.9 Å². The zero-order chi connectivity index (χ0) is 16.8. The Morgan fingerprint density at radius 2 is 1.96 bits per heavy atom. The van der Waals surface area contributed by atoms with Crippen molar-refractivity contribution < 1.29 is 12.4 Å². The number of hydrogen-bond acceptors (Lipinski definition) is 3. The minimum Gasteiger partial charge on any atom is -1.00 e. The van der Waals surface area contributed by atoms with E-state index in [0.29, 0.717) is 33.9 Å². The number of rotatable bonds is 6. The van der Waals surface area contributed by atoms with Gasteiger partial charge >= 0.3 is 29.1 Å². The molecule has 1 amide bonds. The van der Waals surface area contributed by atoms with Gasteiger partial charge in [0.1, 0.15) is 12.9 Å². The van der Waals surface area contributed by atoms with Crippen LogP contribution in [0.5, 0.6) is 5.75 Å². The number of aromatic nitrogens is 2. The molecule has 5 nitrogen and oxygen atoms in total. The fourth-order valence-electron chi connectivity index (χ4n) is 2.03. The van der Waals surface area contributed by atoms with Crippen molar-refractivity contribution in [2.45, 2.75) is 13.3 Å². The molecule has 128 valence electrons. The summed E-state index contributed by atoms with van der Waals surface area (Å²) >= 11 is 18.0. The van der Waals surface area contributed by atoms with Gasteiger partial charge in [0.2, 0.25) is 0 Å². The minimum atomic E-state index is -0.152. The van der Waals surface area contributed by atoms with Crippen LogP contribution in [-0.4, -0.2) is 63.2 Å². The SMILES string of the molecule is CCCN(CCOc1c(Cl)cc(Cl)cc1Cl)C(=O)n1ccnc1.[H-].[H-].[Mg+2]. The quantitative estimate of drug-likeness (QED) is 0.670. The van der Waals surface area contributed by atoms with E-state index in [1.165, 1.54) is 10.9 Å². The van der Waals surface area contributed by atoms with E-state index >= 15 is 0 Å². The maximum absolute atomic E-state index is 12.3. The van der Waals surface area contributed by atoms with Gasteiger partial charge in [0.05, 0.1) is 16.6 Å². The molecule has 0 unspecified atom stereocenters. The largest absolute Gasteiger partial charge is 2.00 e. The van der Waals surface area contributed by atoms with Gasteiger partial charge in [-0.2, -0.15) is 0 Å². The number of benzene rings is 1. The Hall–Kier alpha value is -0.664. The number of halogens is 3. The van der Waals surface area contributed by atoms with Crippen molar-refractivity contribution in [1.29, 1.82) is 0 Å². The van der Waals surface area contributed by atoms with Crippen LogP contribution in [0.25, 0.3) is 0 Å². The summed E-state index contributed by atoms with van der Waals surface area (Å²) in [5.74, 6) is 0.365. The van der Waals surface area contributed by atoms with Gasteiger partial charge in [-0.15, -0.1) is 0 Å². The van der Waals surface area contributed by atoms with Crippen LogP contribution in [0.2, 0.25) is 15.1 Å². The summed E-state index contributed by atoms with van der Waals surface area (Å²) in [5, 5.41) is 1.12. The molecule has 2 rings (SSSR count). The molecule has 2 aromatic rings. The second-order valence-electron chi connectivity index (χ2n) is 4.79. The van der Waals surface area contributed by atoms with E-state index in [1.54, 1.807) is 29.4 Å². The molecular weight excluding hydrogens is 385 g/mol. The number of hydrogen-bond donors (Lipinski definition) is 0. The number of carbonyl (C=O) groups is 1. The van der Waals surface area contributed by atoms with Gasteiger partial charge in [-0.05, 0) is 18.6 Å². The number of imidazole rings is 1. The number of nitrogens with zero attached hydrogens (tertiary/aromatic N) is 3. The summed E-state index contributed by atoms with van der Waals surface area (Å²) < 4.78 is 7.05. The Bertz CT molecular complexity index is 655. The molecule has 0 aliphatic rings. The molecule has 1 aromatic heterocycles. The third kappa shape index (κ3) is 5.70. The second kappa shape index (κ2) is 10.4. The van der Waals surface area contributed by atoms with Crippen LogP contribution < -0.4 is 4.74 Å². The van der Waals surface area contributed by atoms with Crippen LogP contribution in [0.15, 0.2) is 30.9 Å². The zero-order valence-corrected chi connectivity index (χ0v) is 16.9. The third-order valence-corrected chi connectivity index (χ3v) is 3.84. The zero-order valence-electron chi connectivity index (χ0n) is 15.2. The van der Waals surface area contributed by atoms with Crippen molar-refractivity contribution in [3.8, 4) is 5.75 Å². The molecule has 0 saturated carbocycles. The first-order valence-electron chi connectivity index (χ1n) is 7.07. The van der Waals surface area contributed by atoms with Crippen LogP contribution in [-0.2, 0) is 0 Å². The van der Waals surface area contributed by atoms with Gasteiger partial charge in [-0.25, -0.2) is 9.78 Å².